The third-order valence-electron chi connectivity index (χ3n) is 3.11. The molecule has 2 heterocycles. The molecule has 1 aliphatic rings. The molecule has 1 N–H and O–H groups in total. The van der Waals surface area contributed by atoms with Gasteiger partial charge in [-0.15, -0.1) is 11.3 Å². The highest BCUT2D eigenvalue weighted by Gasteiger charge is 2.45. The number of aromatic nitrogens is 2. The maximum Gasteiger partial charge on any atom is 0.125 e. The Bertz CT molecular complexity index is 491. The Morgan fingerprint density at radius 1 is 1.44 bits per heavy atom. The van der Waals surface area contributed by atoms with Gasteiger partial charge in [0.2, 0.25) is 0 Å². The van der Waals surface area contributed by atoms with Crippen molar-refractivity contribution in [3.05, 3.63) is 35.6 Å². The SMILES string of the molecule is OCC1(c2csc(-c3cccnc3)n2)CC1. The molecule has 3 nitrogen and oxygen atoms in total. The third kappa shape index (κ3) is 1.54. The lowest BCUT2D eigenvalue weighted by molar-refractivity contribution is 0.253. The molecule has 0 aliphatic heterocycles. The summed E-state index contributed by atoms with van der Waals surface area (Å²) in [5.41, 5.74) is 2.06. The number of hydrogen-bond donors (Lipinski definition) is 1. The van der Waals surface area contributed by atoms with Crippen molar-refractivity contribution in [3.63, 3.8) is 0 Å². The van der Waals surface area contributed by atoms with Gasteiger partial charge in [-0.2, -0.15) is 0 Å². The van der Waals surface area contributed by atoms with Crippen LogP contribution in [0.5, 0.6) is 0 Å². The van der Waals surface area contributed by atoms with Crippen LogP contribution in [-0.4, -0.2) is 21.7 Å². The van der Waals surface area contributed by atoms with Crippen molar-refractivity contribution in [2.24, 2.45) is 0 Å². The van der Waals surface area contributed by atoms with Gasteiger partial charge in [0.25, 0.3) is 0 Å². The third-order valence-corrected chi connectivity index (χ3v) is 4.00. The van der Waals surface area contributed by atoms with Crippen LogP contribution in [0.2, 0.25) is 0 Å². The summed E-state index contributed by atoms with van der Waals surface area (Å²) >= 11 is 1.62. The van der Waals surface area contributed by atoms with E-state index in [1.54, 1.807) is 17.5 Å². The summed E-state index contributed by atoms with van der Waals surface area (Å²) in [6, 6.07) is 3.92. The zero-order valence-electron chi connectivity index (χ0n) is 8.76. The van der Waals surface area contributed by atoms with Crippen molar-refractivity contribution in [2.45, 2.75) is 18.3 Å². The van der Waals surface area contributed by atoms with E-state index in [0.29, 0.717) is 0 Å². The highest BCUT2D eigenvalue weighted by atomic mass is 32.1. The average molecular weight is 232 g/mol. The molecule has 0 radical (unpaired) electrons. The van der Waals surface area contributed by atoms with Gasteiger partial charge < -0.3 is 5.11 Å². The summed E-state index contributed by atoms with van der Waals surface area (Å²) in [4.78, 5) is 8.69. The van der Waals surface area contributed by atoms with Crippen LogP contribution in [0.4, 0.5) is 0 Å². The molecule has 0 bridgehead atoms. The maximum absolute atomic E-state index is 9.34. The van der Waals surface area contributed by atoms with E-state index >= 15 is 0 Å². The number of hydrogen-bond acceptors (Lipinski definition) is 4. The first-order valence-corrected chi connectivity index (χ1v) is 6.19. The highest BCUT2D eigenvalue weighted by molar-refractivity contribution is 7.13. The van der Waals surface area contributed by atoms with Crippen molar-refractivity contribution in [2.75, 3.05) is 6.61 Å². The topological polar surface area (TPSA) is 46.0 Å². The molecule has 1 fully saturated rings. The lowest BCUT2D eigenvalue weighted by atomic mass is 10.1. The molecule has 0 unspecified atom stereocenters. The molecule has 3 rings (SSSR count). The maximum atomic E-state index is 9.34. The van der Waals surface area contributed by atoms with E-state index < -0.39 is 0 Å². The zero-order valence-corrected chi connectivity index (χ0v) is 9.57. The normalized spacial score (nSPS) is 17.3. The van der Waals surface area contributed by atoms with Crippen molar-refractivity contribution in [1.82, 2.24) is 9.97 Å². The largest absolute Gasteiger partial charge is 0.395 e. The van der Waals surface area contributed by atoms with E-state index in [1.165, 1.54) is 0 Å². The summed E-state index contributed by atoms with van der Waals surface area (Å²) < 4.78 is 0. The van der Waals surface area contributed by atoms with Crippen LogP contribution in [0.25, 0.3) is 10.6 Å². The first kappa shape index (κ1) is 9.93. The Morgan fingerprint density at radius 3 is 2.94 bits per heavy atom. The lowest BCUT2D eigenvalue weighted by Gasteiger charge is -2.06. The summed E-state index contributed by atoms with van der Waals surface area (Å²) in [5.74, 6) is 0. The molecular formula is C12H12N2OS. The average Bonchev–Trinajstić information content (AvgIpc) is 3.00. The summed E-state index contributed by atoms with van der Waals surface area (Å²) in [6.45, 7) is 0.212. The van der Waals surface area contributed by atoms with E-state index in [-0.39, 0.29) is 12.0 Å². The molecule has 2 aromatic rings. The first-order chi connectivity index (χ1) is 7.84. The van der Waals surface area contributed by atoms with Crippen LogP contribution in [0, 0.1) is 0 Å². The van der Waals surface area contributed by atoms with Gasteiger partial charge in [-0.25, -0.2) is 4.98 Å². The smallest absolute Gasteiger partial charge is 0.125 e. The number of aliphatic hydroxyl groups excluding tert-OH is 1. The standard InChI is InChI=1S/C12H12N2OS/c15-8-12(3-4-12)10-7-16-11(14-10)9-2-1-5-13-6-9/h1-2,5-7,15H,3-4,8H2. The molecule has 82 valence electrons. The molecular weight excluding hydrogens is 220 g/mol. The second kappa shape index (κ2) is 3.64. The van der Waals surface area contributed by atoms with Gasteiger partial charge in [-0.05, 0) is 25.0 Å². The van der Waals surface area contributed by atoms with Crippen LogP contribution >= 0.6 is 11.3 Å². The van der Waals surface area contributed by atoms with Gasteiger partial charge in [-0.3, -0.25) is 4.98 Å². The second-order valence-corrected chi connectivity index (χ2v) is 5.08. The van der Waals surface area contributed by atoms with Crippen molar-refractivity contribution < 1.29 is 5.11 Å². The molecule has 4 heteroatoms. The summed E-state index contributed by atoms with van der Waals surface area (Å²) in [5, 5.41) is 12.4. The van der Waals surface area contributed by atoms with Gasteiger partial charge in [-0.1, -0.05) is 0 Å². The fraction of sp³-hybridized carbons (Fsp3) is 0.333. The Balaban J connectivity index is 1.94. The Labute approximate surface area is 97.8 Å². The van der Waals surface area contributed by atoms with Crippen LogP contribution < -0.4 is 0 Å². The Kier molecular flexibility index (Phi) is 2.26. The van der Waals surface area contributed by atoms with Crippen LogP contribution in [-0.2, 0) is 5.41 Å². The van der Waals surface area contributed by atoms with Gasteiger partial charge in [0.05, 0.1) is 12.3 Å². The Morgan fingerprint density at radius 2 is 2.31 bits per heavy atom. The van der Waals surface area contributed by atoms with E-state index in [0.717, 1.165) is 29.1 Å². The van der Waals surface area contributed by atoms with Crippen molar-refractivity contribution in [3.8, 4) is 10.6 Å². The number of nitrogens with zero attached hydrogens (tertiary/aromatic N) is 2. The van der Waals surface area contributed by atoms with E-state index in [1.807, 2.05) is 18.3 Å². The van der Waals surface area contributed by atoms with Crippen LogP contribution in [0.3, 0.4) is 0 Å². The monoisotopic (exact) mass is 232 g/mol. The lowest BCUT2D eigenvalue weighted by Crippen LogP contribution is -2.11. The predicted molar refractivity (Wildman–Crippen MR) is 63.3 cm³/mol. The highest BCUT2D eigenvalue weighted by Crippen LogP contribution is 2.48. The van der Waals surface area contributed by atoms with Crippen molar-refractivity contribution >= 4 is 11.3 Å². The summed E-state index contributed by atoms with van der Waals surface area (Å²) in [7, 11) is 0. The molecule has 0 atom stereocenters. The number of aliphatic hydroxyl groups is 1. The molecule has 2 aromatic heterocycles. The minimum atomic E-state index is -0.0308. The molecule has 0 spiro atoms. The number of thiazole rings is 1. The van der Waals surface area contributed by atoms with E-state index in [9.17, 15) is 5.11 Å². The minimum absolute atomic E-state index is 0.0308. The van der Waals surface area contributed by atoms with E-state index in [4.69, 9.17) is 0 Å². The molecule has 1 saturated carbocycles. The molecule has 0 saturated heterocycles. The molecule has 0 amide bonds. The van der Waals surface area contributed by atoms with Crippen LogP contribution in [0.15, 0.2) is 29.9 Å². The Hall–Kier alpha value is -1.26. The van der Waals surface area contributed by atoms with Crippen LogP contribution in [0.1, 0.15) is 18.5 Å². The van der Waals surface area contributed by atoms with Gasteiger partial charge in [0, 0.05) is 28.8 Å². The summed E-state index contributed by atoms with van der Waals surface area (Å²) in [6.07, 6.45) is 5.69. The first-order valence-electron chi connectivity index (χ1n) is 5.31. The minimum Gasteiger partial charge on any atom is -0.395 e. The van der Waals surface area contributed by atoms with Gasteiger partial charge in [0.1, 0.15) is 5.01 Å². The van der Waals surface area contributed by atoms with E-state index in [2.05, 4.69) is 15.3 Å². The predicted octanol–water partition coefficient (Wildman–Crippen LogP) is 2.23. The fourth-order valence-electron chi connectivity index (χ4n) is 1.79. The molecule has 16 heavy (non-hydrogen) atoms. The van der Waals surface area contributed by atoms with Crippen molar-refractivity contribution in [1.29, 1.82) is 0 Å². The molecule has 1 aliphatic carbocycles. The van der Waals surface area contributed by atoms with Gasteiger partial charge in [0.15, 0.2) is 0 Å². The fourth-order valence-corrected chi connectivity index (χ4v) is 2.72. The zero-order chi connectivity index (χ0) is 11.0. The quantitative estimate of drug-likeness (QED) is 0.882. The van der Waals surface area contributed by atoms with Gasteiger partial charge >= 0.3 is 0 Å². The second-order valence-electron chi connectivity index (χ2n) is 4.22. The number of pyridine rings is 1. The molecule has 0 aromatic carbocycles. The number of rotatable bonds is 3.